The number of pyridine rings is 1. The van der Waals surface area contributed by atoms with E-state index in [4.69, 9.17) is 0 Å². The van der Waals surface area contributed by atoms with Gasteiger partial charge in [0.2, 0.25) is 0 Å². The van der Waals surface area contributed by atoms with Gasteiger partial charge < -0.3 is 9.88 Å². The van der Waals surface area contributed by atoms with Crippen LogP contribution in [0.15, 0.2) is 48.8 Å². The van der Waals surface area contributed by atoms with E-state index in [-0.39, 0.29) is 0 Å². The van der Waals surface area contributed by atoms with Gasteiger partial charge in [0, 0.05) is 36.4 Å². The second-order valence-electron chi connectivity index (χ2n) is 6.45. The van der Waals surface area contributed by atoms with E-state index >= 15 is 0 Å². The Hall–Kier alpha value is -2.50. The molecular formula is C19H18F3N3. The highest BCUT2D eigenvalue weighted by Gasteiger charge is 2.31. The summed E-state index contributed by atoms with van der Waals surface area (Å²) in [6.45, 7) is 1.59. The molecule has 25 heavy (non-hydrogen) atoms. The van der Waals surface area contributed by atoms with Gasteiger partial charge in [-0.25, -0.2) is 4.98 Å². The van der Waals surface area contributed by atoms with Crippen LogP contribution in [-0.2, 0) is 6.18 Å². The van der Waals surface area contributed by atoms with Gasteiger partial charge in [0.05, 0.1) is 5.56 Å². The van der Waals surface area contributed by atoms with Crippen molar-refractivity contribution in [2.45, 2.75) is 24.9 Å². The molecule has 0 saturated carbocycles. The van der Waals surface area contributed by atoms with E-state index in [9.17, 15) is 13.2 Å². The minimum Gasteiger partial charge on any atom is -0.361 e. The maximum absolute atomic E-state index is 12.6. The molecule has 0 bridgehead atoms. The summed E-state index contributed by atoms with van der Waals surface area (Å²) in [7, 11) is 0. The average Bonchev–Trinajstić information content (AvgIpc) is 3.05. The largest absolute Gasteiger partial charge is 0.417 e. The molecule has 0 unspecified atom stereocenters. The van der Waals surface area contributed by atoms with Gasteiger partial charge in [-0.2, -0.15) is 13.2 Å². The lowest BCUT2D eigenvalue weighted by atomic mass is 9.89. The summed E-state index contributed by atoms with van der Waals surface area (Å²) in [6, 6.07) is 10.8. The number of anilines is 1. The van der Waals surface area contributed by atoms with Gasteiger partial charge in [0.1, 0.15) is 5.82 Å². The number of alkyl halides is 3. The third-order valence-electron chi connectivity index (χ3n) is 4.96. The summed E-state index contributed by atoms with van der Waals surface area (Å²) in [5, 5.41) is 1.26. The Balaban J connectivity index is 1.46. The number of nitrogens with zero attached hydrogens (tertiary/aromatic N) is 2. The number of hydrogen-bond donors (Lipinski definition) is 1. The quantitative estimate of drug-likeness (QED) is 0.711. The van der Waals surface area contributed by atoms with E-state index in [0.717, 1.165) is 43.7 Å². The molecule has 0 atom stereocenters. The molecule has 1 N–H and O–H groups in total. The lowest BCUT2D eigenvalue weighted by Crippen LogP contribution is -2.33. The number of H-pyrrole nitrogens is 1. The number of benzene rings is 1. The van der Waals surface area contributed by atoms with Gasteiger partial charge >= 0.3 is 6.18 Å². The highest BCUT2D eigenvalue weighted by molar-refractivity contribution is 5.83. The monoisotopic (exact) mass is 345 g/mol. The van der Waals surface area contributed by atoms with Crippen molar-refractivity contribution < 1.29 is 13.2 Å². The molecule has 2 aromatic heterocycles. The van der Waals surface area contributed by atoms with Crippen LogP contribution in [0.3, 0.4) is 0 Å². The normalized spacial score (nSPS) is 16.5. The number of hydrogen-bond acceptors (Lipinski definition) is 2. The van der Waals surface area contributed by atoms with E-state index in [1.165, 1.54) is 17.0 Å². The Bertz CT molecular complexity index is 860. The van der Waals surface area contributed by atoms with E-state index in [0.29, 0.717) is 11.7 Å². The number of piperidine rings is 1. The van der Waals surface area contributed by atoms with Crippen LogP contribution in [0.5, 0.6) is 0 Å². The van der Waals surface area contributed by atoms with Crippen LogP contribution in [0.1, 0.15) is 29.9 Å². The first kappa shape index (κ1) is 16.0. The van der Waals surface area contributed by atoms with Crippen molar-refractivity contribution in [1.29, 1.82) is 0 Å². The predicted molar refractivity (Wildman–Crippen MR) is 91.7 cm³/mol. The summed E-state index contributed by atoms with van der Waals surface area (Å²) in [5.74, 6) is 1.08. The summed E-state index contributed by atoms with van der Waals surface area (Å²) >= 11 is 0. The number of para-hydroxylation sites is 1. The number of aromatic nitrogens is 2. The lowest BCUT2D eigenvalue weighted by Gasteiger charge is -2.33. The predicted octanol–water partition coefficient (Wildman–Crippen LogP) is 4.97. The molecule has 1 aliphatic heterocycles. The Morgan fingerprint density at radius 1 is 1.04 bits per heavy atom. The lowest BCUT2D eigenvalue weighted by molar-refractivity contribution is -0.137. The number of halogens is 3. The number of nitrogens with one attached hydrogen (secondary N) is 1. The first-order chi connectivity index (χ1) is 12.0. The third-order valence-corrected chi connectivity index (χ3v) is 4.96. The van der Waals surface area contributed by atoms with Gasteiger partial charge in [0.15, 0.2) is 0 Å². The molecule has 3 heterocycles. The second kappa shape index (κ2) is 6.10. The Morgan fingerprint density at radius 2 is 1.80 bits per heavy atom. The SMILES string of the molecule is FC(F)(F)c1ccc(N2CCC(c3c[nH]c4ccccc34)CC2)nc1. The molecule has 1 saturated heterocycles. The summed E-state index contributed by atoms with van der Waals surface area (Å²) < 4.78 is 37.9. The maximum Gasteiger partial charge on any atom is 0.417 e. The Morgan fingerprint density at radius 3 is 2.48 bits per heavy atom. The second-order valence-corrected chi connectivity index (χ2v) is 6.45. The van der Waals surface area contributed by atoms with Crippen molar-refractivity contribution >= 4 is 16.7 Å². The van der Waals surface area contributed by atoms with Crippen molar-refractivity contribution in [3.63, 3.8) is 0 Å². The molecule has 6 heteroatoms. The molecular weight excluding hydrogens is 327 g/mol. The molecule has 4 rings (SSSR count). The fourth-order valence-electron chi connectivity index (χ4n) is 3.59. The Labute approximate surface area is 143 Å². The first-order valence-electron chi connectivity index (χ1n) is 8.36. The molecule has 1 aromatic carbocycles. The van der Waals surface area contributed by atoms with Gasteiger partial charge in [-0.1, -0.05) is 18.2 Å². The zero-order valence-electron chi connectivity index (χ0n) is 13.6. The third kappa shape index (κ3) is 3.08. The Kier molecular flexibility index (Phi) is 3.90. The first-order valence-corrected chi connectivity index (χ1v) is 8.36. The van der Waals surface area contributed by atoms with Crippen LogP contribution >= 0.6 is 0 Å². The summed E-state index contributed by atoms with van der Waals surface area (Å²) in [5.41, 5.74) is 1.77. The topological polar surface area (TPSA) is 31.9 Å². The smallest absolute Gasteiger partial charge is 0.361 e. The maximum atomic E-state index is 12.6. The highest BCUT2D eigenvalue weighted by Crippen LogP contribution is 2.35. The van der Waals surface area contributed by atoms with Crippen molar-refractivity contribution in [1.82, 2.24) is 9.97 Å². The zero-order valence-corrected chi connectivity index (χ0v) is 13.6. The van der Waals surface area contributed by atoms with Gasteiger partial charge in [0.25, 0.3) is 0 Å². The summed E-state index contributed by atoms with van der Waals surface area (Å²) in [4.78, 5) is 9.38. The zero-order chi connectivity index (χ0) is 17.4. The van der Waals surface area contributed by atoms with Gasteiger partial charge in [-0.15, -0.1) is 0 Å². The highest BCUT2D eigenvalue weighted by atomic mass is 19.4. The van der Waals surface area contributed by atoms with Crippen molar-refractivity contribution in [2.75, 3.05) is 18.0 Å². The van der Waals surface area contributed by atoms with Crippen molar-refractivity contribution in [3.8, 4) is 0 Å². The van der Waals surface area contributed by atoms with E-state index in [1.807, 2.05) is 12.1 Å². The van der Waals surface area contributed by atoms with E-state index in [2.05, 4.69) is 33.2 Å². The average molecular weight is 345 g/mol. The molecule has 1 fully saturated rings. The van der Waals surface area contributed by atoms with Crippen LogP contribution in [0, 0.1) is 0 Å². The van der Waals surface area contributed by atoms with Gasteiger partial charge in [-0.05, 0) is 42.5 Å². The molecule has 3 nitrogen and oxygen atoms in total. The van der Waals surface area contributed by atoms with Crippen LogP contribution < -0.4 is 4.90 Å². The molecule has 0 radical (unpaired) electrons. The number of fused-ring (bicyclic) bond motifs is 1. The molecule has 3 aromatic rings. The fraction of sp³-hybridized carbons (Fsp3) is 0.316. The van der Waals surface area contributed by atoms with Crippen LogP contribution in [0.4, 0.5) is 19.0 Å². The molecule has 0 amide bonds. The van der Waals surface area contributed by atoms with Crippen LogP contribution in [0.25, 0.3) is 10.9 Å². The van der Waals surface area contributed by atoms with Gasteiger partial charge in [-0.3, -0.25) is 0 Å². The molecule has 130 valence electrons. The van der Waals surface area contributed by atoms with Crippen LogP contribution in [-0.4, -0.2) is 23.1 Å². The van der Waals surface area contributed by atoms with Crippen molar-refractivity contribution in [2.24, 2.45) is 0 Å². The van der Waals surface area contributed by atoms with E-state index < -0.39 is 11.7 Å². The van der Waals surface area contributed by atoms with Crippen molar-refractivity contribution in [3.05, 3.63) is 59.9 Å². The number of rotatable bonds is 2. The molecule has 1 aliphatic rings. The minimum atomic E-state index is -4.34. The standard InChI is InChI=1S/C19H18F3N3/c20-19(21,22)14-5-6-18(24-11-14)25-9-7-13(8-10-25)16-12-23-17-4-2-1-3-15(16)17/h1-6,11-13,23H,7-10H2. The minimum absolute atomic E-state index is 0.460. The summed E-state index contributed by atoms with van der Waals surface area (Å²) in [6.07, 6.45) is 0.589. The van der Waals surface area contributed by atoms with E-state index in [1.54, 1.807) is 0 Å². The molecule has 0 aliphatic carbocycles. The fourth-order valence-corrected chi connectivity index (χ4v) is 3.59. The van der Waals surface area contributed by atoms with Crippen LogP contribution in [0.2, 0.25) is 0 Å². The molecule has 0 spiro atoms. The number of aromatic amines is 1.